The molecule has 0 amide bonds. The molecule has 0 unspecified atom stereocenters. The minimum absolute atomic E-state index is 0.0657. The molecule has 0 heterocycles. The van der Waals surface area contributed by atoms with Crippen LogP contribution in [-0.2, 0) is 16.7 Å². The molecule has 0 aliphatic heterocycles. The number of hydrogen-bond acceptors (Lipinski definition) is 3. The van der Waals surface area contributed by atoms with Crippen molar-refractivity contribution in [2.45, 2.75) is 25.3 Å². The Kier molecular flexibility index (Phi) is 4.65. The summed E-state index contributed by atoms with van der Waals surface area (Å²) in [5.41, 5.74) is 2.73. The molecule has 0 aromatic heterocycles. The number of rotatable bonds is 5. The minimum atomic E-state index is -4.19. The fraction of sp³-hybridized carbons (Fsp3) is 0.250. The van der Waals surface area contributed by atoms with Crippen LogP contribution in [0.25, 0.3) is 0 Å². The first-order chi connectivity index (χ1) is 9.90. The highest BCUT2D eigenvalue weighted by atomic mass is 32.2. The van der Waals surface area contributed by atoms with Crippen molar-refractivity contribution in [1.82, 2.24) is 0 Å². The van der Waals surface area contributed by atoms with Gasteiger partial charge in [0.1, 0.15) is 0 Å². The third-order valence-corrected chi connectivity index (χ3v) is 4.13. The maximum atomic E-state index is 11.3. The average molecular weight is 305 g/mol. The molecule has 0 bridgehead atoms. The Balaban J connectivity index is 2.36. The lowest BCUT2D eigenvalue weighted by molar-refractivity contribution is 0.483. The maximum absolute atomic E-state index is 11.3. The largest absolute Gasteiger partial charge is 0.367 e. The zero-order valence-corrected chi connectivity index (χ0v) is 13.0. The van der Waals surface area contributed by atoms with Gasteiger partial charge in [-0.05, 0) is 43.2 Å². The Morgan fingerprint density at radius 1 is 1.10 bits per heavy atom. The molecule has 112 valence electrons. The summed E-state index contributed by atoms with van der Waals surface area (Å²) in [6, 6.07) is 14.9. The average Bonchev–Trinajstić information content (AvgIpc) is 2.44. The standard InChI is InChI=1S/C16H19NO3S/c1-3-17(12-14-7-5-4-6-8-14)15-9-13(2)10-16(11-15)21(18,19)20/h4-11H,3,12H2,1-2H3,(H,18,19,20). The Bertz CT molecular complexity index is 712. The smallest absolute Gasteiger partial charge is 0.294 e. The lowest BCUT2D eigenvalue weighted by Gasteiger charge is -2.24. The molecule has 0 aliphatic rings. The first kappa shape index (κ1) is 15.5. The highest BCUT2D eigenvalue weighted by Crippen LogP contribution is 2.23. The number of aryl methyl sites for hydroxylation is 1. The Morgan fingerprint density at radius 3 is 2.33 bits per heavy atom. The molecular formula is C16H19NO3S. The molecule has 5 heteroatoms. The van der Waals surface area contributed by atoms with E-state index in [1.165, 1.54) is 12.1 Å². The van der Waals surface area contributed by atoms with Crippen LogP contribution in [0.5, 0.6) is 0 Å². The minimum Gasteiger partial charge on any atom is -0.367 e. The van der Waals surface area contributed by atoms with Crippen LogP contribution in [0.3, 0.4) is 0 Å². The van der Waals surface area contributed by atoms with Gasteiger partial charge in [0.05, 0.1) is 4.90 Å². The van der Waals surface area contributed by atoms with E-state index in [1.807, 2.05) is 50.2 Å². The Hall–Kier alpha value is -1.85. The predicted molar refractivity (Wildman–Crippen MR) is 84.2 cm³/mol. The first-order valence-corrected chi connectivity index (χ1v) is 8.22. The molecule has 0 radical (unpaired) electrons. The summed E-state index contributed by atoms with van der Waals surface area (Å²) in [6.45, 7) is 5.25. The van der Waals surface area contributed by atoms with E-state index in [9.17, 15) is 13.0 Å². The number of benzene rings is 2. The highest BCUT2D eigenvalue weighted by molar-refractivity contribution is 7.85. The summed E-state index contributed by atoms with van der Waals surface area (Å²) in [5, 5.41) is 0. The normalized spacial score (nSPS) is 11.4. The molecule has 0 aliphatic carbocycles. The van der Waals surface area contributed by atoms with Crippen LogP contribution in [0, 0.1) is 6.92 Å². The molecule has 2 aromatic carbocycles. The van der Waals surface area contributed by atoms with Crippen molar-refractivity contribution in [2.24, 2.45) is 0 Å². The van der Waals surface area contributed by atoms with Gasteiger partial charge in [0.25, 0.3) is 10.1 Å². The van der Waals surface area contributed by atoms with Gasteiger partial charge in [-0.1, -0.05) is 30.3 Å². The van der Waals surface area contributed by atoms with Crippen molar-refractivity contribution in [1.29, 1.82) is 0 Å². The maximum Gasteiger partial charge on any atom is 0.294 e. The number of hydrogen-bond donors (Lipinski definition) is 1. The van der Waals surface area contributed by atoms with Crippen LogP contribution in [-0.4, -0.2) is 19.5 Å². The molecule has 0 fully saturated rings. The Labute approximate surface area is 125 Å². The van der Waals surface area contributed by atoms with E-state index in [2.05, 4.69) is 4.90 Å². The van der Waals surface area contributed by atoms with Gasteiger partial charge in [0.2, 0.25) is 0 Å². The van der Waals surface area contributed by atoms with Gasteiger partial charge < -0.3 is 4.90 Å². The van der Waals surface area contributed by atoms with Crippen LogP contribution in [0.15, 0.2) is 53.4 Å². The molecule has 2 aromatic rings. The van der Waals surface area contributed by atoms with E-state index in [0.29, 0.717) is 6.54 Å². The van der Waals surface area contributed by atoms with Gasteiger partial charge >= 0.3 is 0 Å². The molecule has 1 N–H and O–H groups in total. The van der Waals surface area contributed by atoms with Crippen molar-refractivity contribution in [2.75, 3.05) is 11.4 Å². The van der Waals surface area contributed by atoms with Crippen molar-refractivity contribution in [3.63, 3.8) is 0 Å². The van der Waals surface area contributed by atoms with Gasteiger partial charge in [0.15, 0.2) is 0 Å². The van der Waals surface area contributed by atoms with Crippen molar-refractivity contribution in [3.05, 3.63) is 59.7 Å². The first-order valence-electron chi connectivity index (χ1n) is 6.78. The zero-order chi connectivity index (χ0) is 15.5. The molecule has 2 rings (SSSR count). The summed E-state index contributed by atoms with van der Waals surface area (Å²) in [4.78, 5) is 2.00. The highest BCUT2D eigenvalue weighted by Gasteiger charge is 2.14. The van der Waals surface area contributed by atoms with Crippen LogP contribution in [0.1, 0.15) is 18.1 Å². The van der Waals surface area contributed by atoms with E-state index < -0.39 is 10.1 Å². The lowest BCUT2D eigenvalue weighted by atomic mass is 10.1. The molecule has 0 spiro atoms. The second-order valence-corrected chi connectivity index (χ2v) is 6.40. The quantitative estimate of drug-likeness (QED) is 0.861. The monoisotopic (exact) mass is 305 g/mol. The number of anilines is 1. The summed E-state index contributed by atoms with van der Waals surface area (Å²) in [5.74, 6) is 0. The SMILES string of the molecule is CCN(Cc1ccccc1)c1cc(C)cc(S(=O)(=O)O)c1. The molecule has 0 atom stereocenters. The zero-order valence-electron chi connectivity index (χ0n) is 12.2. The van der Waals surface area contributed by atoms with E-state index in [0.717, 1.165) is 23.4 Å². The van der Waals surface area contributed by atoms with Crippen LogP contribution in [0.4, 0.5) is 5.69 Å². The third kappa shape index (κ3) is 4.06. The molecule has 0 saturated carbocycles. The van der Waals surface area contributed by atoms with E-state index in [4.69, 9.17) is 0 Å². The van der Waals surface area contributed by atoms with Gasteiger partial charge in [-0.3, -0.25) is 4.55 Å². The summed E-state index contributed by atoms with van der Waals surface area (Å²) in [7, 11) is -4.19. The van der Waals surface area contributed by atoms with Crippen molar-refractivity contribution in [3.8, 4) is 0 Å². The molecular weight excluding hydrogens is 286 g/mol. The predicted octanol–water partition coefficient (Wildman–Crippen LogP) is 3.27. The van der Waals surface area contributed by atoms with E-state index in [1.54, 1.807) is 0 Å². The van der Waals surface area contributed by atoms with Crippen LogP contribution >= 0.6 is 0 Å². The second kappa shape index (κ2) is 6.28. The third-order valence-electron chi connectivity index (χ3n) is 3.30. The number of nitrogens with zero attached hydrogens (tertiary/aromatic N) is 1. The lowest BCUT2D eigenvalue weighted by Crippen LogP contribution is -2.22. The van der Waals surface area contributed by atoms with Crippen LogP contribution < -0.4 is 4.90 Å². The summed E-state index contributed by atoms with van der Waals surface area (Å²) < 4.78 is 31.9. The summed E-state index contributed by atoms with van der Waals surface area (Å²) >= 11 is 0. The fourth-order valence-electron chi connectivity index (χ4n) is 2.25. The fourth-order valence-corrected chi connectivity index (χ4v) is 2.85. The van der Waals surface area contributed by atoms with Crippen molar-refractivity contribution < 1.29 is 13.0 Å². The topological polar surface area (TPSA) is 57.6 Å². The van der Waals surface area contributed by atoms with Gasteiger partial charge in [0, 0.05) is 18.8 Å². The summed E-state index contributed by atoms with van der Waals surface area (Å²) in [6.07, 6.45) is 0. The Morgan fingerprint density at radius 2 is 1.76 bits per heavy atom. The van der Waals surface area contributed by atoms with Crippen molar-refractivity contribution >= 4 is 15.8 Å². The van der Waals surface area contributed by atoms with Gasteiger partial charge in [-0.15, -0.1) is 0 Å². The molecule has 21 heavy (non-hydrogen) atoms. The second-order valence-electron chi connectivity index (χ2n) is 4.98. The van der Waals surface area contributed by atoms with E-state index in [-0.39, 0.29) is 4.90 Å². The molecule has 4 nitrogen and oxygen atoms in total. The van der Waals surface area contributed by atoms with Crippen LogP contribution in [0.2, 0.25) is 0 Å². The van der Waals surface area contributed by atoms with Gasteiger partial charge in [-0.25, -0.2) is 0 Å². The van der Waals surface area contributed by atoms with E-state index >= 15 is 0 Å². The molecule has 0 saturated heterocycles. The van der Waals surface area contributed by atoms with Gasteiger partial charge in [-0.2, -0.15) is 8.42 Å².